The molecular weight excluding hydrogens is 321 g/mol. The minimum Gasteiger partial charge on any atom is -0.332 e. The summed E-state index contributed by atoms with van der Waals surface area (Å²) in [5.74, 6) is 0. The molecule has 124 valence electrons. The lowest BCUT2D eigenvalue weighted by Gasteiger charge is -2.13. The fourth-order valence-electron chi connectivity index (χ4n) is 2.25. The van der Waals surface area contributed by atoms with Gasteiger partial charge in [0.05, 0.1) is 29.0 Å². The van der Waals surface area contributed by atoms with Gasteiger partial charge < -0.3 is 10.6 Å². The molecule has 0 aliphatic heterocycles. The third-order valence-electron chi connectivity index (χ3n) is 3.33. The van der Waals surface area contributed by atoms with Gasteiger partial charge in [-0.15, -0.1) is 0 Å². The van der Waals surface area contributed by atoms with Crippen molar-refractivity contribution in [1.29, 1.82) is 0 Å². The van der Waals surface area contributed by atoms with E-state index in [-0.39, 0.29) is 12.2 Å². The number of anilines is 1. The fraction of sp³-hybridized carbons (Fsp3) is 0.125. The number of carbonyl (C=O) groups excluding carboxylic acids is 1. The summed E-state index contributed by atoms with van der Waals surface area (Å²) in [5.41, 5.74) is 0.267. The number of hydrogen-bond acceptors (Lipinski definition) is 2. The van der Waals surface area contributed by atoms with Gasteiger partial charge in [0.15, 0.2) is 0 Å². The van der Waals surface area contributed by atoms with Gasteiger partial charge in [-0.1, -0.05) is 18.2 Å². The zero-order valence-electron chi connectivity index (χ0n) is 12.3. The van der Waals surface area contributed by atoms with Gasteiger partial charge in [0.25, 0.3) is 0 Å². The maximum absolute atomic E-state index is 12.9. The molecule has 0 saturated heterocycles. The van der Waals surface area contributed by atoms with E-state index in [1.54, 1.807) is 16.8 Å². The Labute approximate surface area is 135 Å². The predicted octanol–water partition coefficient (Wildman–Crippen LogP) is 3.67. The van der Waals surface area contributed by atoms with Gasteiger partial charge in [-0.3, -0.25) is 0 Å². The van der Waals surface area contributed by atoms with Crippen LogP contribution in [-0.2, 0) is 12.7 Å². The van der Waals surface area contributed by atoms with Crippen LogP contribution in [0.3, 0.4) is 0 Å². The lowest BCUT2D eigenvalue weighted by Crippen LogP contribution is -2.29. The van der Waals surface area contributed by atoms with Crippen LogP contribution in [0.1, 0.15) is 11.3 Å². The van der Waals surface area contributed by atoms with Crippen LogP contribution in [0.2, 0.25) is 0 Å². The molecule has 2 aromatic heterocycles. The molecule has 3 aromatic rings. The number of rotatable bonds is 3. The molecule has 5 nitrogen and oxygen atoms in total. The fourth-order valence-corrected chi connectivity index (χ4v) is 2.25. The number of nitrogens with one attached hydrogen (secondary N) is 2. The topological polar surface area (TPSA) is 58.4 Å². The van der Waals surface area contributed by atoms with Gasteiger partial charge in [0.2, 0.25) is 0 Å². The number of urea groups is 1. The molecule has 1 aromatic carbocycles. The van der Waals surface area contributed by atoms with E-state index in [9.17, 15) is 18.0 Å². The van der Waals surface area contributed by atoms with Crippen molar-refractivity contribution in [2.45, 2.75) is 12.7 Å². The van der Waals surface area contributed by atoms with Crippen LogP contribution in [0, 0.1) is 0 Å². The first-order valence-corrected chi connectivity index (χ1v) is 7.08. The van der Waals surface area contributed by atoms with Crippen molar-refractivity contribution in [2.24, 2.45) is 0 Å². The molecular formula is C16H13F3N4O. The number of amides is 2. The quantitative estimate of drug-likeness (QED) is 0.768. The third kappa shape index (κ3) is 3.48. The van der Waals surface area contributed by atoms with Crippen LogP contribution in [0.25, 0.3) is 5.52 Å². The van der Waals surface area contributed by atoms with Gasteiger partial charge in [-0.05, 0) is 30.3 Å². The highest BCUT2D eigenvalue weighted by Gasteiger charge is 2.33. The first-order chi connectivity index (χ1) is 11.4. The number of fused-ring (bicyclic) bond motifs is 1. The molecule has 0 bridgehead atoms. The number of nitrogens with zero attached hydrogens (tertiary/aromatic N) is 2. The molecule has 0 aliphatic rings. The maximum atomic E-state index is 12.9. The van der Waals surface area contributed by atoms with Gasteiger partial charge in [-0.2, -0.15) is 18.3 Å². The Hall–Kier alpha value is -3.03. The lowest BCUT2D eigenvalue weighted by atomic mass is 10.1. The van der Waals surface area contributed by atoms with Crippen LogP contribution < -0.4 is 10.6 Å². The normalized spacial score (nSPS) is 11.5. The van der Waals surface area contributed by atoms with Crippen LogP contribution >= 0.6 is 0 Å². The molecule has 8 heteroatoms. The monoisotopic (exact) mass is 334 g/mol. The van der Waals surface area contributed by atoms with E-state index in [1.165, 1.54) is 18.2 Å². The molecule has 2 N–H and O–H groups in total. The smallest absolute Gasteiger partial charge is 0.332 e. The Kier molecular flexibility index (Phi) is 4.11. The van der Waals surface area contributed by atoms with Gasteiger partial charge >= 0.3 is 12.2 Å². The Morgan fingerprint density at radius 2 is 1.88 bits per heavy atom. The summed E-state index contributed by atoms with van der Waals surface area (Å²) in [6.45, 7) is 0.0989. The summed E-state index contributed by atoms with van der Waals surface area (Å²) in [6.07, 6.45) is -2.77. The summed E-state index contributed by atoms with van der Waals surface area (Å²) >= 11 is 0. The van der Waals surface area contributed by atoms with Crippen molar-refractivity contribution in [3.8, 4) is 0 Å². The standard InChI is InChI=1S/C16H13F3N4O/c17-16(18,19)13-6-1-2-7-14(13)21-15(24)20-10-11-9-12-5-3-4-8-23(12)22-11/h1-9H,10H2,(H2,20,21,24). The third-order valence-corrected chi connectivity index (χ3v) is 3.33. The zero-order valence-corrected chi connectivity index (χ0v) is 12.3. The summed E-state index contributed by atoms with van der Waals surface area (Å²) < 4.78 is 40.3. The van der Waals surface area contributed by atoms with E-state index in [2.05, 4.69) is 15.7 Å². The van der Waals surface area contributed by atoms with Crippen molar-refractivity contribution in [1.82, 2.24) is 14.9 Å². The first-order valence-electron chi connectivity index (χ1n) is 7.08. The molecule has 0 fully saturated rings. The molecule has 0 atom stereocenters. The van der Waals surface area contributed by atoms with Crippen molar-refractivity contribution in [3.05, 3.63) is 66.0 Å². The molecule has 0 spiro atoms. The molecule has 24 heavy (non-hydrogen) atoms. The van der Waals surface area contributed by atoms with Crippen molar-refractivity contribution in [2.75, 3.05) is 5.32 Å². The number of para-hydroxylation sites is 1. The molecule has 2 heterocycles. The van der Waals surface area contributed by atoms with Crippen molar-refractivity contribution >= 4 is 17.2 Å². The lowest BCUT2D eigenvalue weighted by molar-refractivity contribution is -0.136. The number of alkyl halides is 3. The van der Waals surface area contributed by atoms with Crippen LogP contribution in [0.4, 0.5) is 23.7 Å². The van der Waals surface area contributed by atoms with E-state index < -0.39 is 17.8 Å². The minimum atomic E-state index is -4.54. The van der Waals surface area contributed by atoms with E-state index in [0.717, 1.165) is 11.6 Å². The van der Waals surface area contributed by atoms with Crippen molar-refractivity contribution in [3.63, 3.8) is 0 Å². The van der Waals surface area contributed by atoms with Gasteiger partial charge in [0, 0.05) is 6.20 Å². The number of carbonyl (C=O) groups is 1. The molecule has 0 unspecified atom stereocenters. The predicted molar refractivity (Wildman–Crippen MR) is 82.5 cm³/mol. The average Bonchev–Trinajstić information content (AvgIpc) is 2.95. The highest BCUT2D eigenvalue weighted by molar-refractivity contribution is 5.90. The van der Waals surface area contributed by atoms with Gasteiger partial charge in [0.1, 0.15) is 0 Å². The number of halogens is 3. The van der Waals surface area contributed by atoms with E-state index in [1.807, 2.05) is 18.2 Å². The zero-order chi connectivity index (χ0) is 17.2. The largest absolute Gasteiger partial charge is 0.418 e. The minimum absolute atomic E-state index is 0.0989. The SMILES string of the molecule is O=C(NCc1cc2ccccn2n1)Nc1ccccc1C(F)(F)F. The second kappa shape index (κ2) is 6.23. The Morgan fingerprint density at radius 3 is 2.62 bits per heavy atom. The van der Waals surface area contributed by atoms with Crippen LogP contribution in [0.15, 0.2) is 54.7 Å². The Bertz CT molecular complexity index is 840. The van der Waals surface area contributed by atoms with E-state index in [4.69, 9.17) is 0 Å². The highest BCUT2D eigenvalue weighted by Crippen LogP contribution is 2.34. The second-order valence-electron chi connectivity index (χ2n) is 5.06. The van der Waals surface area contributed by atoms with Gasteiger partial charge in [-0.25, -0.2) is 9.31 Å². The summed E-state index contributed by atoms with van der Waals surface area (Å²) in [7, 11) is 0. The molecule has 0 saturated carbocycles. The van der Waals surface area contributed by atoms with E-state index in [0.29, 0.717) is 5.69 Å². The number of pyridine rings is 1. The Morgan fingerprint density at radius 1 is 1.12 bits per heavy atom. The second-order valence-corrected chi connectivity index (χ2v) is 5.06. The maximum Gasteiger partial charge on any atom is 0.418 e. The summed E-state index contributed by atoms with van der Waals surface area (Å²) in [5, 5.41) is 8.95. The summed E-state index contributed by atoms with van der Waals surface area (Å²) in [6, 6.07) is 11.4. The van der Waals surface area contributed by atoms with Crippen LogP contribution in [-0.4, -0.2) is 15.6 Å². The summed E-state index contributed by atoms with van der Waals surface area (Å²) in [4.78, 5) is 11.9. The molecule has 2 amide bonds. The average molecular weight is 334 g/mol. The van der Waals surface area contributed by atoms with E-state index >= 15 is 0 Å². The molecule has 0 aliphatic carbocycles. The van der Waals surface area contributed by atoms with Crippen LogP contribution in [0.5, 0.6) is 0 Å². The molecule has 0 radical (unpaired) electrons. The number of benzene rings is 1. The van der Waals surface area contributed by atoms with Crippen molar-refractivity contribution < 1.29 is 18.0 Å². The molecule has 3 rings (SSSR count). The number of hydrogen-bond donors (Lipinski definition) is 2. The Balaban J connectivity index is 1.66. The first kappa shape index (κ1) is 15.9. The highest BCUT2D eigenvalue weighted by atomic mass is 19.4. The number of aromatic nitrogens is 2.